The van der Waals surface area contributed by atoms with Gasteiger partial charge in [-0.3, -0.25) is 0 Å². The van der Waals surface area contributed by atoms with Crippen LogP contribution in [0.15, 0.2) is 0 Å². The summed E-state index contributed by atoms with van der Waals surface area (Å²) in [5, 5.41) is 0.225. The van der Waals surface area contributed by atoms with Crippen molar-refractivity contribution in [2.45, 2.75) is 37.7 Å². The minimum Gasteiger partial charge on any atom is -0.374 e. The van der Waals surface area contributed by atoms with Crippen molar-refractivity contribution in [2.24, 2.45) is 0 Å². The molecule has 2 heteroatoms. The van der Waals surface area contributed by atoms with Gasteiger partial charge in [-0.15, -0.1) is 11.6 Å². The van der Waals surface area contributed by atoms with Gasteiger partial charge in [0.2, 0.25) is 0 Å². The Balaban J connectivity index is 2.56. The molecule has 1 aliphatic heterocycles. The van der Waals surface area contributed by atoms with Crippen LogP contribution in [0.1, 0.15) is 26.7 Å². The molecular weight excluding hydrogens is 136 g/mol. The number of hydrogen-bond donors (Lipinski definition) is 0. The fraction of sp³-hybridized carbons (Fsp3) is 1.00. The van der Waals surface area contributed by atoms with Crippen LogP contribution in [0.3, 0.4) is 0 Å². The van der Waals surface area contributed by atoms with Gasteiger partial charge in [0.1, 0.15) is 0 Å². The molecule has 2 unspecified atom stereocenters. The van der Waals surface area contributed by atoms with Crippen molar-refractivity contribution in [3.8, 4) is 0 Å². The van der Waals surface area contributed by atoms with E-state index in [1.54, 1.807) is 0 Å². The molecule has 0 N–H and O–H groups in total. The van der Waals surface area contributed by atoms with Crippen molar-refractivity contribution in [2.75, 3.05) is 6.61 Å². The van der Waals surface area contributed by atoms with Crippen LogP contribution in [-0.4, -0.2) is 17.6 Å². The Morgan fingerprint density at radius 3 is 2.67 bits per heavy atom. The first-order valence-electron chi connectivity index (χ1n) is 3.47. The monoisotopic (exact) mass is 148 g/mol. The van der Waals surface area contributed by atoms with E-state index in [0.717, 1.165) is 19.4 Å². The number of rotatable bonds is 1. The third-order valence-electron chi connectivity index (χ3n) is 2.17. The summed E-state index contributed by atoms with van der Waals surface area (Å²) in [5.74, 6) is 0. The van der Waals surface area contributed by atoms with Crippen molar-refractivity contribution < 1.29 is 4.74 Å². The first-order chi connectivity index (χ1) is 4.19. The summed E-state index contributed by atoms with van der Waals surface area (Å²) in [6.07, 6.45) is 2.02. The summed E-state index contributed by atoms with van der Waals surface area (Å²) in [6.45, 7) is 5.02. The van der Waals surface area contributed by atoms with Crippen molar-refractivity contribution in [3.63, 3.8) is 0 Å². The topological polar surface area (TPSA) is 9.23 Å². The van der Waals surface area contributed by atoms with Gasteiger partial charge in [-0.1, -0.05) is 6.92 Å². The van der Waals surface area contributed by atoms with Crippen molar-refractivity contribution in [1.29, 1.82) is 0 Å². The van der Waals surface area contributed by atoms with Gasteiger partial charge < -0.3 is 4.74 Å². The third-order valence-corrected chi connectivity index (χ3v) is 2.85. The molecule has 0 spiro atoms. The summed E-state index contributed by atoms with van der Waals surface area (Å²) < 4.78 is 5.47. The minimum atomic E-state index is -0.0401. The van der Waals surface area contributed by atoms with E-state index in [-0.39, 0.29) is 11.0 Å². The highest BCUT2D eigenvalue weighted by molar-refractivity contribution is 6.21. The molecule has 0 saturated carbocycles. The Morgan fingerprint density at radius 2 is 2.44 bits per heavy atom. The van der Waals surface area contributed by atoms with E-state index in [1.807, 2.05) is 0 Å². The zero-order valence-electron chi connectivity index (χ0n) is 5.98. The molecule has 0 bridgehead atoms. The first-order valence-corrected chi connectivity index (χ1v) is 3.91. The zero-order valence-corrected chi connectivity index (χ0v) is 6.74. The normalized spacial score (nSPS) is 43.7. The van der Waals surface area contributed by atoms with E-state index in [0.29, 0.717) is 0 Å². The maximum absolute atomic E-state index is 5.99. The van der Waals surface area contributed by atoms with E-state index in [4.69, 9.17) is 16.3 Å². The fourth-order valence-corrected chi connectivity index (χ4v) is 1.42. The molecule has 0 aromatic carbocycles. The van der Waals surface area contributed by atoms with E-state index in [9.17, 15) is 0 Å². The molecule has 2 atom stereocenters. The van der Waals surface area contributed by atoms with Crippen LogP contribution in [0.4, 0.5) is 0 Å². The fourth-order valence-electron chi connectivity index (χ4n) is 1.11. The lowest BCUT2D eigenvalue weighted by Gasteiger charge is -2.24. The average molecular weight is 149 g/mol. The molecule has 0 aromatic rings. The Kier molecular flexibility index (Phi) is 2.02. The van der Waals surface area contributed by atoms with Gasteiger partial charge in [0, 0.05) is 6.61 Å². The lowest BCUT2D eigenvalue weighted by atomic mass is 9.99. The largest absolute Gasteiger partial charge is 0.374 e. The average Bonchev–Trinajstić information content (AvgIpc) is 2.15. The molecule has 1 heterocycles. The van der Waals surface area contributed by atoms with Gasteiger partial charge in [0.25, 0.3) is 0 Å². The van der Waals surface area contributed by atoms with Gasteiger partial charge in [0.15, 0.2) is 0 Å². The number of halogens is 1. The molecular formula is C7H13ClO. The third kappa shape index (κ3) is 1.22. The van der Waals surface area contributed by atoms with Crippen LogP contribution in [0, 0.1) is 0 Å². The van der Waals surface area contributed by atoms with Crippen molar-refractivity contribution in [3.05, 3.63) is 0 Å². The van der Waals surface area contributed by atoms with Gasteiger partial charge >= 0.3 is 0 Å². The SMILES string of the molecule is CCC1(C)OCCC1Cl. The summed E-state index contributed by atoms with van der Waals surface area (Å²) in [5.41, 5.74) is -0.0401. The quantitative estimate of drug-likeness (QED) is 0.518. The van der Waals surface area contributed by atoms with Crippen LogP contribution in [0.25, 0.3) is 0 Å². The van der Waals surface area contributed by atoms with Gasteiger partial charge in [-0.25, -0.2) is 0 Å². The first kappa shape index (κ1) is 7.36. The molecule has 54 valence electrons. The summed E-state index contributed by atoms with van der Waals surface area (Å²) in [4.78, 5) is 0. The van der Waals surface area contributed by atoms with Crippen LogP contribution in [0.2, 0.25) is 0 Å². The zero-order chi connectivity index (χ0) is 6.91. The van der Waals surface area contributed by atoms with Crippen LogP contribution in [-0.2, 0) is 4.74 Å². The highest BCUT2D eigenvalue weighted by Crippen LogP contribution is 2.32. The maximum Gasteiger partial charge on any atom is 0.0815 e. The van der Waals surface area contributed by atoms with E-state index in [2.05, 4.69) is 13.8 Å². The molecule has 0 radical (unpaired) electrons. The van der Waals surface area contributed by atoms with E-state index >= 15 is 0 Å². The smallest absolute Gasteiger partial charge is 0.0815 e. The van der Waals surface area contributed by atoms with Crippen molar-refractivity contribution >= 4 is 11.6 Å². The highest BCUT2D eigenvalue weighted by Gasteiger charge is 2.36. The van der Waals surface area contributed by atoms with E-state index < -0.39 is 0 Å². The highest BCUT2D eigenvalue weighted by atomic mass is 35.5. The lowest BCUT2D eigenvalue weighted by Crippen LogP contribution is -2.30. The number of hydrogen-bond acceptors (Lipinski definition) is 1. The van der Waals surface area contributed by atoms with Gasteiger partial charge in [0.05, 0.1) is 11.0 Å². The molecule has 1 saturated heterocycles. The lowest BCUT2D eigenvalue weighted by molar-refractivity contribution is 0.0192. The predicted molar refractivity (Wildman–Crippen MR) is 38.9 cm³/mol. The summed E-state index contributed by atoms with van der Waals surface area (Å²) in [6, 6.07) is 0. The molecule has 9 heavy (non-hydrogen) atoms. The summed E-state index contributed by atoms with van der Waals surface area (Å²) >= 11 is 5.99. The molecule has 0 aliphatic carbocycles. The van der Waals surface area contributed by atoms with Crippen molar-refractivity contribution in [1.82, 2.24) is 0 Å². The molecule has 0 aromatic heterocycles. The molecule has 1 rings (SSSR count). The number of ether oxygens (including phenoxy) is 1. The van der Waals surface area contributed by atoms with Crippen LogP contribution >= 0.6 is 11.6 Å². The van der Waals surface area contributed by atoms with Crippen LogP contribution < -0.4 is 0 Å². The standard InChI is InChI=1S/C7H13ClO/c1-3-7(2)6(8)4-5-9-7/h6H,3-5H2,1-2H3. The number of alkyl halides is 1. The Hall–Kier alpha value is 0.250. The van der Waals surface area contributed by atoms with E-state index in [1.165, 1.54) is 0 Å². The Labute approximate surface area is 61.3 Å². The maximum atomic E-state index is 5.99. The van der Waals surface area contributed by atoms with Crippen LogP contribution in [0.5, 0.6) is 0 Å². The second-order valence-electron chi connectivity index (χ2n) is 2.77. The minimum absolute atomic E-state index is 0.0401. The predicted octanol–water partition coefficient (Wildman–Crippen LogP) is 2.18. The second-order valence-corrected chi connectivity index (χ2v) is 3.30. The summed E-state index contributed by atoms with van der Waals surface area (Å²) in [7, 11) is 0. The van der Waals surface area contributed by atoms with Gasteiger partial charge in [-0.05, 0) is 19.8 Å². The Morgan fingerprint density at radius 1 is 1.78 bits per heavy atom. The Bertz CT molecular complexity index is 105. The molecule has 1 aliphatic rings. The molecule has 0 amide bonds. The molecule has 1 nitrogen and oxygen atoms in total. The second kappa shape index (κ2) is 2.47. The molecule has 1 fully saturated rings. The van der Waals surface area contributed by atoms with Gasteiger partial charge in [-0.2, -0.15) is 0 Å².